The Kier molecular flexibility index (Phi) is 7.34. The molecule has 1 atom stereocenters. The molecule has 3 N–H and O–H groups in total. The summed E-state index contributed by atoms with van der Waals surface area (Å²) in [5.74, 6) is -1.11. The minimum Gasteiger partial charge on any atom is -0.378 e. The Labute approximate surface area is 209 Å². The topological polar surface area (TPSA) is 117 Å². The van der Waals surface area contributed by atoms with Crippen LogP contribution in [0.2, 0.25) is 0 Å². The van der Waals surface area contributed by atoms with Gasteiger partial charge in [-0.25, -0.2) is 0 Å². The molecule has 2 aliphatic rings. The molecule has 1 aromatic heterocycles. The summed E-state index contributed by atoms with van der Waals surface area (Å²) in [6, 6.07) is 8.48. The van der Waals surface area contributed by atoms with Crippen molar-refractivity contribution >= 4 is 56.6 Å². The van der Waals surface area contributed by atoms with Gasteiger partial charge in [0.2, 0.25) is 5.91 Å². The van der Waals surface area contributed by atoms with Gasteiger partial charge in [0, 0.05) is 37.4 Å². The third-order valence-electron chi connectivity index (χ3n) is 5.87. The van der Waals surface area contributed by atoms with E-state index >= 15 is 0 Å². The van der Waals surface area contributed by atoms with E-state index in [1.807, 2.05) is 0 Å². The van der Waals surface area contributed by atoms with Crippen LogP contribution < -0.4 is 16.0 Å². The second kappa shape index (κ2) is 10.2. The van der Waals surface area contributed by atoms with Gasteiger partial charge in [-0.1, -0.05) is 0 Å². The highest BCUT2D eigenvalue weighted by Crippen LogP contribution is 2.26. The number of nitrogens with one attached hydrogen (secondary N) is 3. The number of carbonyl (C=O) groups excluding carboxylic acids is 4. The summed E-state index contributed by atoms with van der Waals surface area (Å²) in [4.78, 5) is 52.8. The summed E-state index contributed by atoms with van der Waals surface area (Å²) >= 11 is 4.63. The van der Waals surface area contributed by atoms with Crippen LogP contribution in [0.4, 0.5) is 5.69 Å². The van der Waals surface area contributed by atoms with Crippen molar-refractivity contribution in [3.8, 4) is 0 Å². The third-order valence-corrected chi connectivity index (χ3v) is 7.49. The number of rotatable bonds is 5. The van der Waals surface area contributed by atoms with Crippen molar-refractivity contribution in [1.29, 1.82) is 0 Å². The number of benzene rings is 1. The number of aryl methyl sites for hydroxylation is 1. The number of hydrogen-bond donors (Lipinski definition) is 3. The van der Waals surface area contributed by atoms with E-state index in [0.29, 0.717) is 54.2 Å². The Balaban J connectivity index is 1.47. The van der Waals surface area contributed by atoms with Gasteiger partial charge in [-0.05, 0) is 65.2 Å². The Bertz CT molecular complexity index is 1130. The lowest BCUT2D eigenvalue weighted by molar-refractivity contribution is -0.122. The molecule has 180 valence electrons. The average molecular weight is 549 g/mol. The molecule has 2 fully saturated rings. The third kappa shape index (κ3) is 5.31. The molecular formula is C23H25BrN4O5S. The van der Waals surface area contributed by atoms with Crippen LogP contribution in [-0.4, -0.2) is 66.9 Å². The van der Waals surface area contributed by atoms with E-state index in [0.717, 1.165) is 3.79 Å². The number of anilines is 1. The maximum absolute atomic E-state index is 13.2. The molecular weight excluding hydrogens is 524 g/mol. The minimum absolute atomic E-state index is 0.0276. The number of halogens is 1. The quantitative estimate of drug-likeness (QED) is 0.530. The summed E-state index contributed by atoms with van der Waals surface area (Å²) in [7, 11) is 0. The van der Waals surface area contributed by atoms with E-state index in [2.05, 4.69) is 31.9 Å². The molecule has 4 rings (SSSR count). The fourth-order valence-corrected chi connectivity index (χ4v) is 5.28. The number of carbonyl (C=O) groups is 4. The van der Waals surface area contributed by atoms with Crippen molar-refractivity contribution < 1.29 is 23.9 Å². The Hall–Kier alpha value is -2.76. The molecule has 0 bridgehead atoms. The lowest BCUT2D eigenvalue weighted by Gasteiger charge is -2.27. The molecule has 0 aliphatic carbocycles. The van der Waals surface area contributed by atoms with Crippen LogP contribution in [0.15, 0.2) is 34.1 Å². The standard InChI is InChI=1S/C23H25BrN4O5S/c1-14-11-15(3-4-16(14)21(31)28-9-2-8-25-19(29)12-28)26-22(32)23(7-10-33-13-23)27-20(30)17-5-6-18(24)34-17/h3-6,11H,2,7-10,12-13H2,1H3,(H,25,29)(H,26,32)(H,27,30). The van der Waals surface area contributed by atoms with E-state index < -0.39 is 5.54 Å². The second-order valence-corrected chi connectivity index (χ2v) is 10.8. The SMILES string of the molecule is Cc1cc(NC(=O)C2(NC(=O)c3ccc(Br)s3)CCOC2)ccc1C(=O)N1CCCNC(=O)C1. The molecule has 9 nitrogen and oxygen atoms in total. The number of ether oxygens (including phenoxy) is 1. The van der Waals surface area contributed by atoms with Gasteiger partial charge in [0.05, 0.1) is 21.8 Å². The van der Waals surface area contributed by atoms with Crippen LogP contribution in [0.5, 0.6) is 0 Å². The molecule has 11 heteroatoms. The first-order valence-corrected chi connectivity index (χ1v) is 12.5. The predicted molar refractivity (Wildman–Crippen MR) is 131 cm³/mol. The van der Waals surface area contributed by atoms with Crippen molar-refractivity contribution in [2.24, 2.45) is 0 Å². The lowest BCUT2D eigenvalue weighted by Crippen LogP contribution is -2.57. The first kappa shape index (κ1) is 24.4. The van der Waals surface area contributed by atoms with E-state index in [1.54, 1.807) is 37.3 Å². The predicted octanol–water partition coefficient (Wildman–Crippen LogP) is 2.31. The van der Waals surface area contributed by atoms with Crippen LogP contribution in [-0.2, 0) is 14.3 Å². The zero-order chi connectivity index (χ0) is 24.3. The van der Waals surface area contributed by atoms with Crippen molar-refractivity contribution in [3.05, 3.63) is 50.1 Å². The first-order chi connectivity index (χ1) is 16.3. The molecule has 0 radical (unpaired) electrons. The zero-order valence-corrected chi connectivity index (χ0v) is 21.0. The summed E-state index contributed by atoms with van der Waals surface area (Å²) in [5.41, 5.74) is 0.474. The van der Waals surface area contributed by atoms with Gasteiger partial charge in [0.25, 0.3) is 17.7 Å². The molecule has 1 unspecified atom stereocenters. The van der Waals surface area contributed by atoms with Crippen molar-refractivity contribution in [1.82, 2.24) is 15.5 Å². The molecule has 2 aliphatic heterocycles. The Morgan fingerprint density at radius 1 is 1.24 bits per heavy atom. The number of nitrogens with zero attached hydrogens (tertiary/aromatic N) is 1. The smallest absolute Gasteiger partial charge is 0.262 e. The molecule has 2 saturated heterocycles. The highest BCUT2D eigenvalue weighted by molar-refractivity contribution is 9.11. The van der Waals surface area contributed by atoms with Gasteiger partial charge in [-0.15, -0.1) is 11.3 Å². The van der Waals surface area contributed by atoms with E-state index in [1.165, 1.54) is 16.2 Å². The van der Waals surface area contributed by atoms with Gasteiger partial charge in [-0.3, -0.25) is 19.2 Å². The molecule has 0 saturated carbocycles. The van der Waals surface area contributed by atoms with E-state index in [-0.39, 0.29) is 36.8 Å². The van der Waals surface area contributed by atoms with Crippen LogP contribution >= 0.6 is 27.3 Å². The summed E-state index contributed by atoms with van der Waals surface area (Å²) in [6.45, 7) is 3.30. The number of hydrogen-bond acceptors (Lipinski definition) is 6. The van der Waals surface area contributed by atoms with E-state index in [4.69, 9.17) is 4.74 Å². The van der Waals surface area contributed by atoms with Crippen LogP contribution in [0.25, 0.3) is 0 Å². The minimum atomic E-state index is -1.19. The van der Waals surface area contributed by atoms with Gasteiger partial charge < -0.3 is 25.6 Å². The van der Waals surface area contributed by atoms with Crippen LogP contribution in [0, 0.1) is 6.92 Å². The summed E-state index contributed by atoms with van der Waals surface area (Å²) < 4.78 is 6.28. The van der Waals surface area contributed by atoms with Crippen LogP contribution in [0.3, 0.4) is 0 Å². The Morgan fingerprint density at radius 2 is 2.06 bits per heavy atom. The zero-order valence-electron chi connectivity index (χ0n) is 18.6. The molecule has 0 spiro atoms. The lowest BCUT2D eigenvalue weighted by atomic mass is 9.96. The number of amides is 4. The maximum Gasteiger partial charge on any atom is 0.262 e. The average Bonchev–Trinajstić information content (AvgIpc) is 3.39. The van der Waals surface area contributed by atoms with Crippen molar-refractivity contribution in [3.63, 3.8) is 0 Å². The number of thiophene rings is 1. The normalized spacial score (nSPS) is 20.4. The summed E-state index contributed by atoms with van der Waals surface area (Å²) in [6.07, 6.45) is 1.05. The fourth-order valence-electron chi connectivity index (χ4n) is 4.00. The molecule has 2 aromatic rings. The first-order valence-electron chi connectivity index (χ1n) is 10.9. The summed E-state index contributed by atoms with van der Waals surface area (Å²) in [5, 5.41) is 8.48. The van der Waals surface area contributed by atoms with Crippen molar-refractivity contribution in [2.75, 3.05) is 38.2 Å². The van der Waals surface area contributed by atoms with Gasteiger partial charge >= 0.3 is 0 Å². The van der Waals surface area contributed by atoms with Crippen molar-refractivity contribution in [2.45, 2.75) is 25.3 Å². The maximum atomic E-state index is 13.2. The second-order valence-electron chi connectivity index (χ2n) is 8.36. The molecule has 34 heavy (non-hydrogen) atoms. The highest BCUT2D eigenvalue weighted by Gasteiger charge is 2.44. The molecule has 3 heterocycles. The largest absolute Gasteiger partial charge is 0.378 e. The van der Waals surface area contributed by atoms with Gasteiger partial charge in [0.1, 0.15) is 5.54 Å². The highest BCUT2D eigenvalue weighted by atomic mass is 79.9. The molecule has 4 amide bonds. The van der Waals surface area contributed by atoms with Gasteiger partial charge in [0.15, 0.2) is 0 Å². The monoisotopic (exact) mass is 548 g/mol. The van der Waals surface area contributed by atoms with E-state index in [9.17, 15) is 19.2 Å². The van der Waals surface area contributed by atoms with Gasteiger partial charge in [-0.2, -0.15) is 0 Å². The Morgan fingerprint density at radius 3 is 2.74 bits per heavy atom. The molecule has 1 aromatic carbocycles. The fraction of sp³-hybridized carbons (Fsp3) is 0.391. The van der Waals surface area contributed by atoms with Crippen LogP contribution in [0.1, 0.15) is 38.4 Å².